The van der Waals surface area contributed by atoms with Gasteiger partial charge in [0.15, 0.2) is 6.61 Å². The highest BCUT2D eigenvalue weighted by Crippen LogP contribution is 2.23. The van der Waals surface area contributed by atoms with E-state index in [-0.39, 0.29) is 28.8 Å². The fourth-order valence-electron chi connectivity index (χ4n) is 3.12. The number of carbonyl (C=O) groups excluding carboxylic acids is 3. The topological polar surface area (TPSA) is 93.7 Å². The third-order valence-electron chi connectivity index (χ3n) is 4.81. The zero-order valence-electron chi connectivity index (χ0n) is 18.1. The lowest BCUT2D eigenvalue weighted by molar-refractivity contribution is -0.119. The number of halogens is 1. The number of nitrogens with one attached hydrogen (secondary N) is 2. The number of esters is 1. The molecule has 33 heavy (non-hydrogen) atoms. The SMILES string of the molecule is COc1ccc(Cl)cc1C(=O)OCC(=O)Nc1ccccc1C(=O)N[C@H](C)c1ccccc1. The van der Waals surface area contributed by atoms with Crippen LogP contribution in [0.15, 0.2) is 72.8 Å². The number of methoxy groups -OCH3 is 1. The lowest BCUT2D eigenvalue weighted by Crippen LogP contribution is -2.28. The Labute approximate surface area is 196 Å². The maximum atomic E-state index is 12.8. The van der Waals surface area contributed by atoms with E-state index >= 15 is 0 Å². The quantitative estimate of drug-likeness (QED) is 0.472. The number of amides is 2. The summed E-state index contributed by atoms with van der Waals surface area (Å²) in [6.45, 7) is 1.32. The molecule has 1 atom stereocenters. The molecule has 8 heteroatoms. The van der Waals surface area contributed by atoms with Crippen molar-refractivity contribution in [1.29, 1.82) is 0 Å². The standard InChI is InChI=1S/C25H23ClN2O5/c1-16(17-8-4-3-5-9-17)27-24(30)19-10-6-7-11-21(19)28-23(29)15-33-25(31)20-14-18(26)12-13-22(20)32-2/h3-14,16H,15H2,1-2H3,(H,27,30)(H,28,29)/t16-/m1/s1. The van der Waals surface area contributed by atoms with Crippen molar-refractivity contribution in [2.24, 2.45) is 0 Å². The van der Waals surface area contributed by atoms with Gasteiger partial charge in [0.1, 0.15) is 11.3 Å². The lowest BCUT2D eigenvalue weighted by atomic mass is 10.1. The van der Waals surface area contributed by atoms with Crippen molar-refractivity contribution in [3.63, 3.8) is 0 Å². The largest absolute Gasteiger partial charge is 0.496 e. The summed E-state index contributed by atoms with van der Waals surface area (Å²) in [6.07, 6.45) is 0. The van der Waals surface area contributed by atoms with Crippen LogP contribution in [0, 0.1) is 0 Å². The van der Waals surface area contributed by atoms with Crippen molar-refractivity contribution in [3.05, 3.63) is 94.5 Å². The maximum absolute atomic E-state index is 12.8. The van der Waals surface area contributed by atoms with E-state index in [1.807, 2.05) is 37.3 Å². The van der Waals surface area contributed by atoms with Crippen LogP contribution in [0.3, 0.4) is 0 Å². The van der Waals surface area contributed by atoms with Crippen LogP contribution in [0.2, 0.25) is 5.02 Å². The first-order chi connectivity index (χ1) is 15.9. The number of para-hydroxylation sites is 1. The number of ether oxygens (including phenoxy) is 2. The Hall–Kier alpha value is -3.84. The van der Waals surface area contributed by atoms with Gasteiger partial charge in [0.2, 0.25) is 0 Å². The Morgan fingerprint density at radius 1 is 0.939 bits per heavy atom. The van der Waals surface area contributed by atoms with Gasteiger partial charge in [-0.2, -0.15) is 0 Å². The fraction of sp³-hybridized carbons (Fsp3) is 0.160. The van der Waals surface area contributed by atoms with Crippen LogP contribution in [0.4, 0.5) is 5.69 Å². The minimum Gasteiger partial charge on any atom is -0.496 e. The normalized spacial score (nSPS) is 11.2. The molecule has 0 aromatic heterocycles. The van der Waals surface area contributed by atoms with Crippen molar-refractivity contribution in [2.75, 3.05) is 19.0 Å². The molecule has 0 unspecified atom stereocenters. The summed E-state index contributed by atoms with van der Waals surface area (Å²) in [4.78, 5) is 37.6. The molecule has 0 aliphatic heterocycles. The Morgan fingerprint density at radius 2 is 1.64 bits per heavy atom. The summed E-state index contributed by atoms with van der Waals surface area (Å²) in [5, 5.41) is 5.86. The van der Waals surface area contributed by atoms with Crippen LogP contribution >= 0.6 is 11.6 Å². The minimum atomic E-state index is -0.757. The number of carbonyl (C=O) groups is 3. The second-order valence-corrected chi connectivity index (χ2v) is 7.56. The summed E-state index contributed by atoms with van der Waals surface area (Å²) in [5.41, 5.74) is 1.65. The fourth-order valence-corrected chi connectivity index (χ4v) is 3.30. The summed E-state index contributed by atoms with van der Waals surface area (Å²) in [5.74, 6) is -1.42. The van der Waals surface area contributed by atoms with Gasteiger partial charge in [0.25, 0.3) is 11.8 Å². The number of benzene rings is 3. The Bertz CT molecular complexity index is 1150. The van der Waals surface area contributed by atoms with Crippen molar-refractivity contribution >= 4 is 35.1 Å². The van der Waals surface area contributed by atoms with Crippen LogP contribution < -0.4 is 15.4 Å². The highest BCUT2D eigenvalue weighted by Gasteiger charge is 2.18. The third-order valence-corrected chi connectivity index (χ3v) is 5.04. The monoisotopic (exact) mass is 466 g/mol. The van der Waals surface area contributed by atoms with Gasteiger partial charge in [-0.3, -0.25) is 9.59 Å². The summed E-state index contributed by atoms with van der Waals surface area (Å²) in [7, 11) is 1.41. The first-order valence-corrected chi connectivity index (χ1v) is 10.5. The lowest BCUT2D eigenvalue weighted by Gasteiger charge is -2.16. The molecule has 0 heterocycles. The Morgan fingerprint density at radius 3 is 2.36 bits per heavy atom. The van der Waals surface area contributed by atoms with Gasteiger partial charge in [-0.05, 0) is 42.8 Å². The zero-order valence-corrected chi connectivity index (χ0v) is 18.9. The van der Waals surface area contributed by atoms with Gasteiger partial charge in [-0.15, -0.1) is 0 Å². The summed E-state index contributed by atoms with van der Waals surface area (Å²) >= 11 is 5.93. The van der Waals surface area contributed by atoms with Crippen molar-refractivity contribution in [3.8, 4) is 5.75 Å². The van der Waals surface area contributed by atoms with E-state index in [2.05, 4.69) is 10.6 Å². The predicted molar refractivity (Wildman–Crippen MR) is 126 cm³/mol. The molecule has 0 saturated carbocycles. The van der Waals surface area contributed by atoms with Gasteiger partial charge in [-0.1, -0.05) is 54.1 Å². The van der Waals surface area contributed by atoms with Crippen LogP contribution in [0.5, 0.6) is 5.75 Å². The molecule has 2 amide bonds. The van der Waals surface area contributed by atoms with Gasteiger partial charge < -0.3 is 20.1 Å². The van der Waals surface area contributed by atoms with Crippen LogP contribution in [-0.4, -0.2) is 31.5 Å². The van der Waals surface area contributed by atoms with E-state index in [9.17, 15) is 14.4 Å². The molecule has 0 radical (unpaired) electrons. The molecule has 0 spiro atoms. The molecule has 7 nitrogen and oxygen atoms in total. The van der Waals surface area contributed by atoms with Crippen LogP contribution in [-0.2, 0) is 9.53 Å². The van der Waals surface area contributed by atoms with E-state index < -0.39 is 18.5 Å². The highest BCUT2D eigenvalue weighted by atomic mass is 35.5. The molecular formula is C25H23ClN2O5. The van der Waals surface area contributed by atoms with Gasteiger partial charge in [0, 0.05) is 5.02 Å². The number of hydrogen-bond acceptors (Lipinski definition) is 5. The third kappa shape index (κ3) is 6.33. The van der Waals surface area contributed by atoms with Crippen molar-refractivity contribution < 1.29 is 23.9 Å². The van der Waals surface area contributed by atoms with E-state index in [0.29, 0.717) is 10.7 Å². The van der Waals surface area contributed by atoms with Crippen molar-refractivity contribution in [2.45, 2.75) is 13.0 Å². The summed E-state index contributed by atoms with van der Waals surface area (Å²) < 4.78 is 10.2. The number of rotatable bonds is 8. The first kappa shape index (κ1) is 23.8. The van der Waals surface area contributed by atoms with E-state index in [1.54, 1.807) is 30.3 Å². The number of hydrogen-bond donors (Lipinski definition) is 2. The molecule has 2 N–H and O–H groups in total. The van der Waals surface area contributed by atoms with Gasteiger partial charge >= 0.3 is 5.97 Å². The number of anilines is 1. The average Bonchev–Trinajstić information content (AvgIpc) is 2.83. The molecule has 3 rings (SSSR count). The first-order valence-electron chi connectivity index (χ1n) is 10.1. The minimum absolute atomic E-state index is 0.104. The molecule has 3 aromatic rings. The van der Waals surface area contributed by atoms with Gasteiger partial charge in [-0.25, -0.2) is 4.79 Å². The molecule has 0 fully saturated rings. The zero-order chi connectivity index (χ0) is 23.8. The second-order valence-electron chi connectivity index (χ2n) is 7.12. The van der Waals surface area contributed by atoms with E-state index in [0.717, 1.165) is 5.56 Å². The van der Waals surface area contributed by atoms with Crippen LogP contribution in [0.25, 0.3) is 0 Å². The van der Waals surface area contributed by atoms with Gasteiger partial charge in [0.05, 0.1) is 24.4 Å². The molecule has 0 saturated heterocycles. The summed E-state index contributed by atoms with van der Waals surface area (Å²) in [6, 6.07) is 20.4. The molecule has 170 valence electrons. The molecule has 3 aromatic carbocycles. The van der Waals surface area contributed by atoms with E-state index in [4.69, 9.17) is 21.1 Å². The molecule has 0 aliphatic rings. The van der Waals surface area contributed by atoms with Crippen molar-refractivity contribution in [1.82, 2.24) is 5.32 Å². The maximum Gasteiger partial charge on any atom is 0.342 e. The molecule has 0 bridgehead atoms. The Kier molecular flexibility index (Phi) is 8.05. The molecular weight excluding hydrogens is 444 g/mol. The predicted octanol–water partition coefficient (Wildman–Crippen LogP) is 4.64. The van der Waals surface area contributed by atoms with Crippen LogP contribution in [0.1, 0.15) is 39.2 Å². The highest BCUT2D eigenvalue weighted by molar-refractivity contribution is 6.31. The molecule has 0 aliphatic carbocycles. The second kappa shape index (κ2) is 11.2. The average molecular weight is 467 g/mol. The Balaban J connectivity index is 1.63. The van der Waals surface area contributed by atoms with E-state index in [1.165, 1.54) is 19.2 Å². The smallest absolute Gasteiger partial charge is 0.342 e.